The fourth-order valence-electron chi connectivity index (χ4n) is 2.23. The zero-order valence-corrected chi connectivity index (χ0v) is 9.64. The standard InChI is InChI=1S/C11H19NO4/c1-6-3-8(9(4-6)11(15)16)10(14)12-5-7(2)13/h6-9,13H,3-5H2,1-2H3,(H,12,14)(H,15,16)/t6?,7?,8-,9+/m0/s1. The predicted molar refractivity (Wildman–Crippen MR) is 57.7 cm³/mol. The van der Waals surface area contributed by atoms with Gasteiger partial charge in [0.2, 0.25) is 5.91 Å². The molecule has 0 spiro atoms. The summed E-state index contributed by atoms with van der Waals surface area (Å²) in [6, 6.07) is 0. The molecule has 0 radical (unpaired) electrons. The third kappa shape index (κ3) is 3.20. The second-order valence-corrected chi connectivity index (χ2v) is 4.72. The number of amides is 1. The molecule has 5 nitrogen and oxygen atoms in total. The Morgan fingerprint density at radius 1 is 1.38 bits per heavy atom. The zero-order chi connectivity index (χ0) is 12.3. The highest BCUT2D eigenvalue weighted by Crippen LogP contribution is 2.36. The molecule has 5 heteroatoms. The number of hydrogen-bond donors (Lipinski definition) is 3. The third-order valence-corrected chi connectivity index (χ3v) is 3.02. The fraction of sp³-hybridized carbons (Fsp3) is 0.818. The van der Waals surface area contributed by atoms with Gasteiger partial charge in [-0.25, -0.2) is 0 Å². The molecule has 0 aromatic carbocycles. The second-order valence-electron chi connectivity index (χ2n) is 4.72. The SMILES string of the molecule is CC(O)CNC(=O)[C@H]1CC(C)C[C@H]1C(=O)O. The number of hydrogen-bond acceptors (Lipinski definition) is 3. The molecule has 0 bridgehead atoms. The van der Waals surface area contributed by atoms with Crippen LogP contribution in [-0.4, -0.2) is 34.7 Å². The van der Waals surface area contributed by atoms with Crippen molar-refractivity contribution in [3.63, 3.8) is 0 Å². The Morgan fingerprint density at radius 3 is 2.44 bits per heavy atom. The highest BCUT2D eigenvalue weighted by atomic mass is 16.4. The van der Waals surface area contributed by atoms with Crippen LogP contribution in [0.15, 0.2) is 0 Å². The summed E-state index contributed by atoms with van der Waals surface area (Å²) in [4.78, 5) is 22.7. The monoisotopic (exact) mass is 229 g/mol. The highest BCUT2D eigenvalue weighted by molar-refractivity contribution is 5.85. The van der Waals surface area contributed by atoms with Crippen molar-refractivity contribution in [1.82, 2.24) is 5.32 Å². The lowest BCUT2D eigenvalue weighted by molar-refractivity contribution is -0.146. The number of aliphatic hydroxyl groups excluding tert-OH is 1. The molecule has 1 saturated carbocycles. The molecule has 0 saturated heterocycles. The van der Waals surface area contributed by atoms with E-state index in [1.54, 1.807) is 6.92 Å². The van der Waals surface area contributed by atoms with Crippen LogP contribution in [-0.2, 0) is 9.59 Å². The van der Waals surface area contributed by atoms with Crippen molar-refractivity contribution in [1.29, 1.82) is 0 Å². The van der Waals surface area contributed by atoms with Gasteiger partial charge in [-0.15, -0.1) is 0 Å². The molecule has 0 aliphatic heterocycles. The molecular formula is C11H19NO4. The van der Waals surface area contributed by atoms with Gasteiger partial charge in [0.25, 0.3) is 0 Å². The van der Waals surface area contributed by atoms with E-state index in [2.05, 4.69) is 5.32 Å². The van der Waals surface area contributed by atoms with E-state index in [0.29, 0.717) is 12.8 Å². The summed E-state index contributed by atoms with van der Waals surface area (Å²) in [5.74, 6) is -1.92. The van der Waals surface area contributed by atoms with Crippen molar-refractivity contribution < 1.29 is 19.8 Å². The maximum Gasteiger partial charge on any atom is 0.307 e. The lowest BCUT2D eigenvalue weighted by Crippen LogP contribution is -2.38. The minimum absolute atomic E-state index is 0.177. The first-order valence-electron chi connectivity index (χ1n) is 5.60. The van der Waals surface area contributed by atoms with Crippen LogP contribution in [0, 0.1) is 17.8 Å². The smallest absolute Gasteiger partial charge is 0.307 e. The van der Waals surface area contributed by atoms with Crippen molar-refractivity contribution in [2.75, 3.05) is 6.54 Å². The van der Waals surface area contributed by atoms with Gasteiger partial charge >= 0.3 is 5.97 Å². The number of carboxylic acid groups (broad SMARTS) is 1. The van der Waals surface area contributed by atoms with Crippen molar-refractivity contribution >= 4 is 11.9 Å². The lowest BCUT2D eigenvalue weighted by Gasteiger charge is -2.16. The number of carbonyl (C=O) groups is 2. The van der Waals surface area contributed by atoms with Crippen LogP contribution in [0.3, 0.4) is 0 Å². The average molecular weight is 229 g/mol. The van der Waals surface area contributed by atoms with Crippen LogP contribution < -0.4 is 5.32 Å². The van der Waals surface area contributed by atoms with Crippen LogP contribution in [0.5, 0.6) is 0 Å². The highest BCUT2D eigenvalue weighted by Gasteiger charge is 2.40. The van der Waals surface area contributed by atoms with Gasteiger partial charge in [-0.2, -0.15) is 0 Å². The van der Waals surface area contributed by atoms with Gasteiger partial charge in [-0.3, -0.25) is 9.59 Å². The van der Waals surface area contributed by atoms with E-state index in [9.17, 15) is 9.59 Å². The van der Waals surface area contributed by atoms with Crippen LogP contribution in [0.1, 0.15) is 26.7 Å². The Kier molecular flexibility index (Phi) is 4.29. The molecule has 1 amide bonds. The first-order valence-corrected chi connectivity index (χ1v) is 5.60. The van der Waals surface area contributed by atoms with Gasteiger partial charge in [0.05, 0.1) is 17.9 Å². The Balaban J connectivity index is 2.56. The number of nitrogens with one attached hydrogen (secondary N) is 1. The van der Waals surface area contributed by atoms with E-state index >= 15 is 0 Å². The lowest BCUT2D eigenvalue weighted by atomic mass is 9.95. The fourth-order valence-corrected chi connectivity index (χ4v) is 2.23. The first-order chi connectivity index (χ1) is 7.41. The minimum Gasteiger partial charge on any atom is -0.481 e. The zero-order valence-electron chi connectivity index (χ0n) is 9.64. The van der Waals surface area contributed by atoms with Crippen molar-refractivity contribution in [3.8, 4) is 0 Å². The first kappa shape index (κ1) is 13.0. The Hall–Kier alpha value is -1.10. The summed E-state index contributed by atoms with van der Waals surface area (Å²) in [6.45, 7) is 3.71. The average Bonchev–Trinajstić information content (AvgIpc) is 2.56. The van der Waals surface area contributed by atoms with Gasteiger partial charge in [0.1, 0.15) is 0 Å². The third-order valence-electron chi connectivity index (χ3n) is 3.02. The number of carboxylic acids is 1. The number of carbonyl (C=O) groups excluding carboxylic acids is 1. The molecule has 92 valence electrons. The minimum atomic E-state index is -0.901. The summed E-state index contributed by atoms with van der Waals surface area (Å²) < 4.78 is 0. The predicted octanol–water partition coefficient (Wildman–Crippen LogP) is 0.230. The number of aliphatic hydroxyl groups is 1. The van der Waals surface area contributed by atoms with Crippen LogP contribution in [0.25, 0.3) is 0 Å². The maximum atomic E-state index is 11.7. The van der Waals surface area contributed by atoms with Gasteiger partial charge in [0, 0.05) is 6.54 Å². The van der Waals surface area contributed by atoms with Crippen molar-refractivity contribution in [3.05, 3.63) is 0 Å². The van der Waals surface area contributed by atoms with E-state index < -0.39 is 23.9 Å². The molecule has 4 atom stereocenters. The van der Waals surface area contributed by atoms with Crippen LogP contribution in [0.4, 0.5) is 0 Å². The summed E-state index contributed by atoms with van der Waals surface area (Å²) in [5.41, 5.74) is 0. The van der Waals surface area contributed by atoms with E-state index in [0.717, 1.165) is 0 Å². The number of rotatable bonds is 4. The molecule has 0 heterocycles. The van der Waals surface area contributed by atoms with Gasteiger partial charge in [0.15, 0.2) is 0 Å². The normalized spacial score (nSPS) is 31.1. The number of aliphatic carboxylic acids is 1. The van der Waals surface area contributed by atoms with E-state index in [4.69, 9.17) is 10.2 Å². The van der Waals surface area contributed by atoms with E-state index in [1.165, 1.54) is 0 Å². The molecule has 1 aliphatic rings. The molecule has 0 aromatic heterocycles. The summed E-state index contributed by atoms with van der Waals surface area (Å²) >= 11 is 0. The Bertz CT molecular complexity index is 277. The van der Waals surface area contributed by atoms with E-state index in [-0.39, 0.29) is 18.4 Å². The van der Waals surface area contributed by atoms with Crippen molar-refractivity contribution in [2.45, 2.75) is 32.8 Å². The van der Waals surface area contributed by atoms with Gasteiger partial charge in [-0.05, 0) is 25.7 Å². The molecule has 2 unspecified atom stereocenters. The van der Waals surface area contributed by atoms with Crippen LogP contribution in [0.2, 0.25) is 0 Å². The Labute approximate surface area is 94.8 Å². The topological polar surface area (TPSA) is 86.6 Å². The summed E-state index contributed by atoms with van der Waals surface area (Å²) in [5, 5.41) is 20.6. The second kappa shape index (κ2) is 5.30. The maximum absolute atomic E-state index is 11.7. The molecule has 1 rings (SSSR count). The van der Waals surface area contributed by atoms with Gasteiger partial charge < -0.3 is 15.5 Å². The summed E-state index contributed by atoms with van der Waals surface area (Å²) in [7, 11) is 0. The largest absolute Gasteiger partial charge is 0.481 e. The molecule has 3 N–H and O–H groups in total. The van der Waals surface area contributed by atoms with Crippen LogP contribution >= 0.6 is 0 Å². The summed E-state index contributed by atoms with van der Waals surface area (Å²) in [6.07, 6.45) is 0.566. The molecule has 1 fully saturated rings. The van der Waals surface area contributed by atoms with Crippen molar-refractivity contribution in [2.24, 2.45) is 17.8 Å². The quantitative estimate of drug-likeness (QED) is 0.644. The van der Waals surface area contributed by atoms with E-state index in [1.807, 2.05) is 6.92 Å². The Morgan fingerprint density at radius 2 is 1.94 bits per heavy atom. The van der Waals surface area contributed by atoms with Gasteiger partial charge in [-0.1, -0.05) is 6.92 Å². The molecule has 0 aromatic rings. The molecule has 1 aliphatic carbocycles. The molecular weight excluding hydrogens is 210 g/mol. The molecule has 16 heavy (non-hydrogen) atoms.